The summed E-state index contributed by atoms with van der Waals surface area (Å²) in [6.07, 6.45) is 3.33. The number of ether oxygens (including phenoxy) is 2. The van der Waals surface area contributed by atoms with Crippen molar-refractivity contribution in [2.75, 3.05) is 19.5 Å². The summed E-state index contributed by atoms with van der Waals surface area (Å²) in [5, 5.41) is 7.66. The molecule has 1 N–H and O–H groups in total. The van der Waals surface area contributed by atoms with E-state index in [1.807, 2.05) is 30.3 Å². The highest BCUT2D eigenvalue weighted by molar-refractivity contribution is 5.97. The van der Waals surface area contributed by atoms with E-state index in [0.717, 1.165) is 11.3 Å². The Morgan fingerprint density at radius 2 is 1.81 bits per heavy atom. The fraction of sp³-hybridized carbons (Fsp3) is 0.130. The van der Waals surface area contributed by atoms with Gasteiger partial charge in [-0.2, -0.15) is 9.67 Å². The molecule has 0 radical (unpaired) electrons. The van der Waals surface area contributed by atoms with E-state index in [2.05, 4.69) is 20.4 Å². The van der Waals surface area contributed by atoms with E-state index in [0.29, 0.717) is 35.2 Å². The molecule has 0 atom stereocenters. The lowest BCUT2D eigenvalue weighted by atomic mass is 10.2. The third-order valence-corrected chi connectivity index (χ3v) is 4.65. The number of nitrogens with zero attached hydrogens (tertiary/aromatic N) is 4. The van der Waals surface area contributed by atoms with Gasteiger partial charge >= 0.3 is 0 Å². The van der Waals surface area contributed by atoms with Gasteiger partial charge in [0.25, 0.3) is 5.91 Å². The van der Waals surface area contributed by atoms with Crippen LogP contribution < -0.4 is 14.8 Å². The van der Waals surface area contributed by atoms with Crippen LogP contribution in [-0.2, 0) is 6.54 Å². The average Bonchev–Trinajstić information content (AvgIpc) is 3.27. The van der Waals surface area contributed by atoms with Gasteiger partial charge in [-0.15, -0.1) is 5.10 Å². The summed E-state index contributed by atoms with van der Waals surface area (Å²) in [7, 11) is 3.18. The van der Waals surface area contributed by atoms with Gasteiger partial charge in [0.1, 0.15) is 11.5 Å². The molecule has 2 heterocycles. The average molecular weight is 415 g/mol. The minimum absolute atomic E-state index is 0.321. The number of rotatable bonds is 7. The van der Waals surface area contributed by atoms with E-state index in [1.165, 1.54) is 4.68 Å². The number of methoxy groups -OCH3 is 2. The lowest BCUT2D eigenvalue weighted by Gasteiger charge is -2.08. The lowest BCUT2D eigenvalue weighted by Crippen LogP contribution is -2.17. The zero-order valence-corrected chi connectivity index (χ0v) is 17.1. The number of nitrogens with one attached hydrogen (secondary N) is 1. The van der Waals surface area contributed by atoms with Crippen molar-refractivity contribution in [2.24, 2.45) is 0 Å². The molecule has 2 aromatic carbocycles. The molecule has 4 aromatic rings. The molecule has 2 aromatic heterocycles. The van der Waals surface area contributed by atoms with Gasteiger partial charge in [-0.25, -0.2) is 0 Å². The Balaban J connectivity index is 1.66. The molecule has 0 unspecified atom stereocenters. The van der Waals surface area contributed by atoms with Crippen molar-refractivity contribution in [1.29, 1.82) is 0 Å². The Morgan fingerprint density at radius 3 is 2.52 bits per heavy atom. The maximum Gasteiger partial charge on any atom is 0.281 e. The lowest BCUT2D eigenvalue weighted by molar-refractivity contribution is 0.0947. The predicted molar refractivity (Wildman–Crippen MR) is 116 cm³/mol. The third-order valence-electron chi connectivity index (χ3n) is 4.65. The van der Waals surface area contributed by atoms with Gasteiger partial charge in [-0.1, -0.05) is 18.2 Å². The number of pyridine rings is 1. The summed E-state index contributed by atoms with van der Waals surface area (Å²) in [4.78, 5) is 21.9. The van der Waals surface area contributed by atoms with E-state index in [-0.39, 0.29) is 5.91 Å². The molecular formula is C23H21N5O3. The van der Waals surface area contributed by atoms with Gasteiger partial charge in [0.2, 0.25) is 5.95 Å². The van der Waals surface area contributed by atoms with E-state index in [4.69, 9.17) is 9.47 Å². The highest BCUT2D eigenvalue weighted by atomic mass is 16.5. The molecule has 0 bridgehead atoms. The summed E-state index contributed by atoms with van der Waals surface area (Å²) < 4.78 is 11.7. The van der Waals surface area contributed by atoms with Crippen molar-refractivity contribution >= 4 is 11.9 Å². The number of anilines is 1. The quantitative estimate of drug-likeness (QED) is 0.492. The Kier molecular flexibility index (Phi) is 5.89. The standard InChI is InChI=1S/C23H21N5O3/c1-30-19-10-8-16(9-11-19)14-25-23-26-21(18-6-4-12-24-15-18)27-28(23)22(29)17-5-3-7-20(13-17)31-2/h3-13,15H,14H2,1-2H3,(H,25,26,27). The molecule has 0 aliphatic heterocycles. The second-order valence-electron chi connectivity index (χ2n) is 6.65. The van der Waals surface area contributed by atoms with Crippen LogP contribution >= 0.6 is 0 Å². The van der Waals surface area contributed by atoms with Crippen molar-refractivity contribution in [2.45, 2.75) is 6.54 Å². The molecule has 0 saturated carbocycles. The van der Waals surface area contributed by atoms with Crippen molar-refractivity contribution in [3.8, 4) is 22.9 Å². The van der Waals surface area contributed by atoms with Gasteiger partial charge in [0.05, 0.1) is 14.2 Å². The van der Waals surface area contributed by atoms with E-state index >= 15 is 0 Å². The predicted octanol–water partition coefficient (Wildman–Crippen LogP) is 3.66. The van der Waals surface area contributed by atoms with Crippen LogP contribution in [0.4, 0.5) is 5.95 Å². The Hall–Kier alpha value is -4.20. The Bertz CT molecular complexity index is 1170. The Morgan fingerprint density at radius 1 is 1.00 bits per heavy atom. The van der Waals surface area contributed by atoms with Gasteiger partial charge in [0.15, 0.2) is 5.82 Å². The molecule has 4 rings (SSSR count). The van der Waals surface area contributed by atoms with Crippen LogP contribution in [0.25, 0.3) is 11.4 Å². The summed E-state index contributed by atoms with van der Waals surface area (Å²) >= 11 is 0. The number of hydrogen-bond acceptors (Lipinski definition) is 7. The van der Waals surface area contributed by atoms with Crippen LogP contribution in [0.1, 0.15) is 15.9 Å². The minimum Gasteiger partial charge on any atom is -0.497 e. The van der Waals surface area contributed by atoms with Gasteiger partial charge in [0, 0.05) is 30.1 Å². The zero-order valence-electron chi connectivity index (χ0n) is 17.1. The molecule has 0 spiro atoms. The molecule has 0 aliphatic carbocycles. The van der Waals surface area contributed by atoms with Gasteiger partial charge in [-0.3, -0.25) is 9.78 Å². The topological polar surface area (TPSA) is 91.2 Å². The maximum absolute atomic E-state index is 13.2. The second-order valence-corrected chi connectivity index (χ2v) is 6.65. The number of benzene rings is 2. The minimum atomic E-state index is -0.321. The first-order valence-electron chi connectivity index (χ1n) is 9.61. The van der Waals surface area contributed by atoms with Crippen molar-refractivity contribution in [1.82, 2.24) is 19.7 Å². The van der Waals surface area contributed by atoms with Crippen LogP contribution in [0.2, 0.25) is 0 Å². The van der Waals surface area contributed by atoms with Crippen LogP contribution in [0, 0.1) is 0 Å². The normalized spacial score (nSPS) is 10.5. The summed E-state index contributed by atoms with van der Waals surface area (Å²) in [6.45, 7) is 0.459. The van der Waals surface area contributed by atoms with E-state index < -0.39 is 0 Å². The fourth-order valence-corrected chi connectivity index (χ4v) is 2.99. The number of carbonyl (C=O) groups excluding carboxylic acids is 1. The SMILES string of the molecule is COc1ccc(CNc2nc(-c3cccnc3)nn2C(=O)c2cccc(OC)c2)cc1. The maximum atomic E-state index is 13.2. The van der Waals surface area contributed by atoms with Crippen LogP contribution in [0.15, 0.2) is 73.1 Å². The molecule has 8 heteroatoms. The molecule has 156 valence electrons. The van der Waals surface area contributed by atoms with Crippen LogP contribution in [0.5, 0.6) is 11.5 Å². The first kappa shape index (κ1) is 20.1. The molecule has 8 nitrogen and oxygen atoms in total. The summed E-state index contributed by atoms with van der Waals surface area (Å²) in [5.74, 6) is 1.79. The van der Waals surface area contributed by atoms with Gasteiger partial charge in [-0.05, 0) is 48.0 Å². The van der Waals surface area contributed by atoms with Gasteiger partial charge < -0.3 is 14.8 Å². The van der Waals surface area contributed by atoms with Crippen molar-refractivity contribution < 1.29 is 14.3 Å². The molecule has 31 heavy (non-hydrogen) atoms. The monoisotopic (exact) mass is 415 g/mol. The largest absolute Gasteiger partial charge is 0.497 e. The molecule has 0 amide bonds. The fourth-order valence-electron chi connectivity index (χ4n) is 2.99. The third kappa shape index (κ3) is 4.53. The Labute approximate surface area is 179 Å². The zero-order chi connectivity index (χ0) is 21.6. The van der Waals surface area contributed by atoms with Crippen LogP contribution in [-0.4, -0.2) is 39.9 Å². The van der Waals surface area contributed by atoms with Crippen molar-refractivity contribution in [3.05, 3.63) is 84.2 Å². The van der Waals surface area contributed by atoms with Crippen LogP contribution in [0.3, 0.4) is 0 Å². The van der Waals surface area contributed by atoms with E-state index in [1.54, 1.807) is 56.9 Å². The molecular weight excluding hydrogens is 394 g/mol. The molecule has 0 fully saturated rings. The summed E-state index contributed by atoms with van der Waals surface area (Å²) in [6, 6.07) is 18.2. The first-order chi connectivity index (χ1) is 15.2. The molecule has 0 saturated heterocycles. The number of aromatic nitrogens is 4. The smallest absolute Gasteiger partial charge is 0.281 e. The van der Waals surface area contributed by atoms with Crippen molar-refractivity contribution in [3.63, 3.8) is 0 Å². The second kappa shape index (κ2) is 9.08. The number of carbonyl (C=O) groups is 1. The van der Waals surface area contributed by atoms with E-state index in [9.17, 15) is 4.79 Å². The summed E-state index contributed by atoms with van der Waals surface area (Å²) in [5.41, 5.74) is 2.16. The highest BCUT2D eigenvalue weighted by Gasteiger charge is 2.19. The molecule has 0 aliphatic rings. The number of hydrogen-bond donors (Lipinski definition) is 1. The first-order valence-corrected chi connectivity index (χ1v) is 9.61. The highest BCUT2D eigenvalue weighted by Crippen LogP contribution is 2.20.